The molecule has 28 heavy (non-hydrogen) atoms. The molecule has 0 bridgehead atoms. The molecule has 0 saturated carbocycles. The molecule has 150 valence electrons. The molecule has 2 rings (SSSR count). The second-order valence-corrected chi connectivity index (χ2v) is 8.34. The summed E-state index contributed by atoms with van der Waals surface area (Å²) in [5.41, 5.74) is 5.03. The van der Waals surface area contributed by atoms with E-state index in [1.165, 1.54) is 5.56 Å². The number of anilines is 2. The minimum Gasteiger partial charge on any atom is -0.325 e. The van der Waals surface area contributed by atoms with E-state index in [9.17, 15) is 9.59 Å². The Bertz CT molecular complexity index is 836. The number of carbonyl (C=O) groups is 2. The Hall–Kier alpha value is -2.66. The van der Waals surface area contributed by atoms with Crippen LogP contribution in [-0.2, 0) is 15.0 Å². The summed E-state index contributed by atoms with van der Waals surface area (Å²) in [7, 11) is 1.75. The summed E-state index contributed by atoms with van der Waals surface area (Å²) in [4.78, 5) is 26.2. The van der Waals surface area contributed by atoms with Gasteiger partial charge in [0.25, 0.3) is 0 Å². The van der Waals surface area contributed by atoms with Gasteiger partial charge in [-0.3, -0.25) is 14.5 Å². The lowest BCUT2D eigenvalue weighted by Gasteiger charge is -2.19. The molecular weight excluding hydrogens is 350 g/mol. The van der Waals surface area contributed by atoms with Crippen LogP contribution in [0.15, 0.2) is 42.5 Å². The van der Waals surface area contributed by atoms with Gasteiger partial charge in [0.2, 0.25) is 11.8 Å². The highest BCUT2D eigenvalue weighted by Gasteiger charge is 2.14. The van der Waals surface area contributed by atoms with Gasteiger partial charge in [-0.15, -0.1) is 0 Å². The fourth-order valence-corrected chi connectivity index (χ4v) is 2.88. The number of aryl methyl sites for hydroxylation is 1. The number of amides is 2. The van der Waals surface area contributed by atoms with Crippen molar-refractivity contribution in [3.8, 4) is 0 Å². The first kappa shape index (κ1) is 21.6. The van der Waals surface area contributed by atoms with Gasteiger partial charge in [0.05, 0.1) is 13.1 Å². The van der Waals surface area contributed by atoms with Crippen molar-refractivity contribution < 1.29 is 9.59 Å². The van der Waals surface area contributed by atoms with E-state index in [4.69, 9.17) is 0 Å². The van der Waals surface area contributed by atoms with Crippen LogP contribution in [0.4, 0.5) is 11.4 Å². The van der Waals surface area contributed by atoms with Gasteiger partial charge in [0.15, 0.2) is 0 Å². The van der Waals surface area contributed by atoms with E-state index in [2.05, 4.69) is 31.4 Å². The Balaban J connectivity index is 1.85. The normalized spacial score (nSPS) is 11.4. The van der Waals surface area contributed by atoms with Crippen LogP contribution in [0.25, 0.3) is 0 Å². The van der Waals surface area contributed by atoms with E-state index in [1.807, 2.05) is 56.3 Å². The second kappa shape index (κ2) is 9.02. The van der Waals surface area contributed by atoms with Gasteiger partial charge < -0.3 is 10.6 Å². The second-order valence-electron chi connectivity index (χ2n) is 8.34. The Kier molecular flexibility index (Phi) is 6.97. The summed E-state index contributed by atoms with van der Waals surface area (Å²) >= 11 is 0. The Labute approximate surface area is 168 Å². The number of hydrogen-bond acceptors (Lipinski definition) is 3. The van der Waals surface area contributed by atoms with Crippen molar-refractivity contribution in [3.05, 3.63) is 59.2 Å². The zero-order valence-electron chi connectivity index (χ0n) is 17.7. The first-order valence-electron chi connectivity index (χ1n) is 9.51. The quantitative estimate of drug-likeness (QED) is 0.792. The highest BCUT2D eigenvalue weighted by Crippen LogP contribution is 2.23. The van der Waals surface area contributed by atoms with Crippen molar-refractivity contribution >= 4 is 23.2 Å². The first-order valence-corrected chi connectivity index (χ1v) is 9.51. The van der Waals surface area contributed by atoms with E-state index in [1.54, 1.807) is 11.9 Å². The molecule has 0 spiro atoms. The third kappa shape index (κ3) is 6.20. The van der Waals surface area contributed by atoms with Crippen LogP contribution < -0.4 is 10.6 Å². The van der Waals surface area contributed by atoms with Crippen LogP contribution in [0.3, 0.4) is 0 Å². The molecule has 0 saturated heterocycles. The minimum atomic E-state index is -0.148. The zero-order valence-corrected chi connectivity index (χ0v) is 17.7. The Morgan fingerprint density at radius 2 is 1.46 bits per heavy atom. The van der Waals surface area contributed by atoms with Crippen LogP contribution >= 0.6 is 0 Å². The molecule has 0 aliphatic carbocycles. The molecule has 5 heteroatoms. The molecule has 0 aromatic heterocycles. The Morgan fingerprint density at radius 3 is 2.04 bits per heavy atom. The topological polar surface area (TPSA) is 61.4 Å². The van der Waals surface area contributed by atoms with Crippen molar-refractivity contribution in [2.75, 3.05) is 30.8 Å². The number of likely N-dealkylation sites (N-methyl/N-ethyl adjacent to an activating group) is 1. The summed E-state index contributed by atoms with van der Waals surface area (Å²) in [5, 5.41) is 5.79. The smallest absolute Gasteiger partial charge is 0.238 e. The molecule has 2 N–H and O–H groups in total. The molecule has 5 nitrogen and oxygen atoms in total. The van der Waals surface area contributed by atoms with Crippen molar-refractivity contribution in [1.29, 1.82) is 0 Å². The average molecular weight is 382 g/mol. The van der Waals surface area contributed by atoms with Gasteiger partial charge in [-0.05, 0) is 61.2 Å². The van der Waals surface area contributed by atoms with Gasteiger partial charge in [-0.2, -0.15) is 0 Å². The van der Waals surface area contributed by atoms with E-state index in [0.29, 0.717) is 0 Å². The highest BCUT2D eigenvalue weighted by atomic mass is 16.2. The van der Waals surface area contributed by atoms with Crippen LogP contribution in [0, 0.1) is 13.8 Å². The molecule has 0 atom stereocenters. The maximum atomic E-state index is 12.3. The van der Waals surface area contributed by atoms with Gasteiger partial charge >= 0.3 is 0 Å². The summed E-state index contributed by atoms with van der Waals surface area (Å²) < 4.78 is 0. The first-order chi connectivity index (χ1) is 13.1. The number of nitrogens with zero attached hydrogens (tertiary/aromatic N) is 1. The SMILES string of the molecule is Cc1cccc(NC(=O)CN(C)CC(=O)Nc2ccc(C(C)(C)C)cc2)c1C. The molecule has 0 unspecified atom stereocenters. The van der Waals surface area contributed by atoms with Gasteiger partial charge in [0, 0.05) is 11.4 Å². The number of benzene rings is 2. The lowest BCUT2D eigenvalue weighted by molar-refractivity contribution is -0.119. The zero-order chi connectivity index (χ0) is 20.9. The fraction of sp³-hybridized carbons (Fsp3) is 0.391. The summed E-state index contributed by atoms with van der Waals surface area (Å²) in [6, 6.07) is 13.7. The molecule has 2 aromatic rings. The maximum Gasteiger partial charge on any atom is 0.238 e. The van der Waals surface area contributed by atoms with E-state index < -0.39 is 0 Å². The predicted molar refractivity (Wildman–Crippen MR) is 116 cm³/mol. The summed E-state index contributed by atoms with van der Waals surface area (Å²) in [6.45, 7) is 10.7. The van der Waals surface area contributed by atoms with Crippen LogP contribution in [-0.4, -0.2) is 36.9 Å². The lowest BCUT2D eigenvalue weighted by atomic mass is 9.87. The van der Waals surface area contributed by atoms with Crippen molar-refractivity contribution in [2.24, 2.45) is 0 Å². The van der Waals surface area contributed by atoms with Gasteiger partial charge in [-0.25, -0.2) is 0 Å². The van der Waals surface area contributed by atoms with Crippen molar-refractivity contribution in [3.63, 3.8) is 0 Å². The van der Waals surface area contributed by atoms with Crippen LogP contribution in [0.5, 0.6) is 0 Å². The third-order valence-corrected chi connectivity index (χ3v) is 4.74. The molecule has 0 radical (unpaired) electrons. The molecule has 0 aliphatic rings. The standard InChI is InChI=1S/C23H31N3O2/c1-16-8-7-9-20(17(16)2)25-22(28)15-26(6)14-21(27)24-19-12-10-18(11-13-19)23(3,4)5/h7-13H,14-15H2,1-6H3,(H,24,27)(H,25,28). The maximum absolute atomic E-state index is 12.3. The van der Waals surface area contributed by atoms with Crippen molar-refractivity contribution in [1.82, 2.24) is 4.90 Å². The molecular formula is C23H31N3O2. The van der Waals surface area contributed by atoms with Gasteiger partial charge in [0.1, 0.15) is 0 Å². The minimum absolute atomic E-state index is 0.0752. The predicted octanol–water partition coefficient (Wildman–Crippen LogP) is 4.11. The number of carbonyl (C=O) groups excluding carboxylic acids is 2. The summed E-state index contributed by atoms with van der Waals surface area (Å²) in [6.07, 6.45) is 0. The van der Waals surface area contributed by atoms with E-state index >= 15 is 0 Å². The third-order valence-electron chi connectivity index (χ3n) is 4.74. The lowest BCUT2D eigenvalue weighted by Crippen LogP contribution is -2.36. The molecule has 0 aliphatic heterocycles. The Morgan fingerprint density at radius 1 is 0.893 bits per heavy atom. The molecule has 0 heterocycles. The number of nitrogens with one attached hydrogen (secondary N) is 2. The van der Waals surface area contributed by atoms with Crippen molar-refractivity contribution in [2.45, 2.75) is 40.0 Å². The molecule has 2 aromatic carbocycles. The molecule has 2 amide bonds. The van der Waals surface area contributed by atoms with E-state index in [-0.39, 0.29) is 30.3 Å². The highest BCUT2D eigenvalue weighted by molar-refractivity contribution is 5.95. The number of rotatable bonds is 6. The summed E-state index contributed by atoms with van der Waals surface area (Å²) in [5.74, 6) is -0.288. The average Bonchev–Trinajstić information content (AvgIpc) is 2.58. The largest absolute Gasteiger partial charge is 0.325 e. The van der Waals surface area contributed by atoms with E-state index in [0.717, 1.165) is 22.5 Å². The van der Waals surface area contributed by atoms with Crippen LogP contribution in [0.1, 0.15) is 37.5 Å². The fourth-order valence-electron chi connectivity index (χ4n) is 2.88. The van der Waals surface area contributed by atoms with Gasteiger partial charge in [-0.1, -0.05) is 45.0 Å². The van der Waals surface area contributed by atoms with Crippen LogP contribution in [0.2, 0.25) is 0 Å². The monoisotopic (exact) mass is 381 g/mol. The number of hydrogen-bond donors (Lipinski definition) is 2. The molecule has 0 fully saturated rings.